The average molecular weight is 367 g/mol. The fourth-order valence-electron chi connectivity index (χ4n) is 4.77. The number of piperidine rings is 1. The second-order valence-corrected chi connectivity index (χ2v) is 8.03. The van der Waals surface area contributed by atoms with Crippen molar-refractivity contribution in [1.82, 2.24) is 10.2 Å². The molecule has 2 saturated heterocycles. The van der Waals surface area contributed by atoms with Crippen LogP contribution in [0.1, 0.15) is 55.8 Å². The van der Waals surface area contributed by atoms with Crippen LogP contribution in [0.4, 0.5) is 5.69 Å². The Kier molecular flexibility index (Phi) is 5.19. The van der Waals surface area contributed by atoms with Gasteiger partial charge in [0.05, 0.1) is 0 Å². The standard InChI is InChI=1S/C22H29N3O2/c1-16(26)23-19-12-14-24(15-19)20-10-8-18(9-11-20)22(27)25-13-4-6-17-5-2-3-7-21(17)25/h7-11,17,19H,2-6,12-15H2,1H3,(H,23,26). The third-order valence-corrected chi connectivity index (χ3v) is 6.09. The lowest BCUT2D eigenvalue weighted by Crippen LogP contribution is -2.39. The summed E-state index contributed by atoms with van der Waals surface area (Å²) in [7, 11) is 0. The number of likely N-dealkylation sites (tertiary alicyclic amines) is 1. The third kappa shape index (κ3) is 3.87. The van der Waals surface area contributed by atoms with Gasteiger partial charge < -0.3 is 15.1 Å². The topological polar surface area (TPSA) is 52.7 Å². The Morgan fingerprint density at radius 1 is 1.04 bits per heavy atom. The van der Waals surface area contributed by atoms with Crippen LogP contribution in [-0.4, -0.2) is 42.4 Å². The number of hydrogen-bond donors (Lipinski definition) is 1. The molecule has 0 saturated carbocycles. The maximum absolute atomic E-state index is 13.1. The monoisotopic (exact) mass is 367 g/mol. The number of allylic oxidation sites excluding steroid dienone is 2. The first-order valence-electron chi connectivity index (χ1n) is 10.3. The highest BCUT2D eigenvalue weighted by atomic mass is 16.2. The molecule has 0 bridgehead atoms. The van der Waals surface area contributed by atoms with Crippen LogP contribution < -0.4 is 10.2 Å². The number of nitrogens with one attached hydrogen (secondary N) is 1. The van der Waals surface area contributed by atoms with E-state index in [1.165, 1.54) is 25.0 Å². The lowest BCUT2D eigenvalue weighted by atomic mass is 9.84. The molecule has 1 N–H and O–H groups in total. The van der Waals surface area contributed by atoms with E-state index in [0.717, 1.165) is 50.1 Å². The first-order chi connectivity index (χ1) is 13.1. The molecule has 1 aromatic rings. The molecular formula is C22H29N3O2. The molecule has 27 heavy (non-hydrogen) atoms. The van der Waals surface area contributed by atoms with E-state index >= 15 is 0 Å². The zero-order chi connectivity index (χ0) is 18.8. The van der Waals surface area contributed by atoms with Crippen LogP contribution >= 0.6 is 0 Å². The molecule has 0 spiro atoms. The Labute approximate surface area is 161 Å². The van der Waals surface area contributed by atoms with Gasteiger partial charge in [-0.15, -0.1) is 0 Å². The van der Waals surface area contributed by atoms with Gasteiger partial charge >= 0.3 is 0 Å². The minimum absolute atomic E-state index is 0.0275. The van der Waals surface area contributed by atoms with Gasteiger partial charge in [0, 0.05) is 49.5 Å². The molecule has 0 radical (unpaired) electrons. The quantitative estimate of drug-likeness (QED) is 0.892. The van der Waals surface area contributed by atoms with Crippen molar-refractivity contribution >= 4 is 17.5 Å². The Balaban J connectivity index is 1.44. The number of fused-ring (bicyclic) bond motifs is 1. The normalized spacial score (nSPS) is 25.0. The molecule has 2 heterocycles. The number of benzene rings is 1. The summed E-state index contributed by atoms with van der Waals surface area (Å²) in [6, 6.07) is 8.21. The van der Waals surface area contributed by atoms with Crippen molar-refractivity contribution in [3.05, 3.63) is 41.6 Å². The van der Waals surface area contributed by atoms with Gasteiger partial charge in [-0.05, 0) is 68.7 Å². The minimum Gasteiger partial charge on any atom is -0.369 e. The highest BCUT2D eigenvalue weighted by molar-refractivity contribution is 5.95. The van der Waals surface area contributed by atoms with Crippen molar-refractivity contribution in [1.29, 1.82) is 0 Å². The van der Waals surface area contributed by atoms with Gasteiger partial charge in [0.25, 0.3) is 5.91 Å². The first-order valence-corrected chi connectivity index (χ1v) is 10.3. The molecule has 2 amide bonds. The molecular weight excluding hydrogens is 338 g/mol. The van der Waals surface area contributed by atoms with E-state index in [1.54, 1.807) is 6.92 Å². The highest BCUT2D eigenvalue weighted by Crippen LogP contribution is 2.35. The highest BCUT2D eigenvalue weighted by Gasteiger charge is 2.31. The molecule has 5 heteroatoms. The van der Waals surface area contributed by atoms with Gasteiger partial charge in [-0.2, -0.15) is 0 Å². The van der Waals surface area contributed by atoms with E-state index in [0.29, 0.717) is 5.92 Å². The number of carbonyl (C=O) groups is 2. The maximum atomic E-state index is 13.1. The Bertz CT molecular complexity index is 740. The van der Waals surface area contributed by atoms with Crippen LogP contribution in [0.15, 0.2) is 36.0 Å². The zero-order valence-electron chi connectivity index (χ0n) is 16.1. The van der Waals surface area contributed by atoms with Crippen molar-refractivity contribution in [2.75, 3.05) is 24.5 Å². The van der Waals surface area contributed by atoms with E-state index in [2.05, 4.69) is 16.3 Å². The summed E-state index contributed by atoms with van der Waals surface area (Å²) in [5.74, 6) is 0.739. The largest absolute Gasteiger partial charge is 0.369 e. The fraction of sp³-hybridized carbons (Fsp3) is 0.545. The number of rotatable bonds is 3. The summed E-state index contributed by atoms with van der Waals surface area (Å²) in [4.78, 5) is 28.6. The first kappa shape index (κ1) is 18.1. The van der Waals surface area contributed by atoms with E-state index in [9.17, 15) is 9.59 Å². The second kappa shape index (κ2) is 7.75. The number of carbonyl (C=O) groups excluding carboxylic acids is 2. The smallest absolute Gasteiger partial charge is 0.258 e. The van der Waals surface area contributed by atoms with Crippen LogP contribution in [0.2, 0.25) is 0 Å². The molecule has 4 rings (SSSR count). The molecule has 2 aliphatic heterocycles. The summed E-state index contributed by atoms with van der Waals surface area (Å²) in [5.41, 5.74) is 3.15. The summed E-state index contributed by atoms with van der Waals surface area (Å²) >= 11 is 0. The summed E-state index contributed by atoms with van der Waals surface area (Å²) in [6.07, 6.45) is 9.14. The predicted molar refractivity (Wildman–Crippen MR) is 107 cm³/mol. The summed E-state index contributed by atoms with van der Waals surface area (Å²) < 4.78 is 0. The molecule has 0 aromatic heterocycles. The van der Waals surface area contributed by atoms with E-state index in [1.807, 2.05) is 29.2 Å². The summed E-state index contributed by atoms with van der Waals surface area (Å²) in [6.45, 7) is 4.16. The maximum Gasteiger partial charge on any atom is 0.258 e. The average Bonchev–Trinajstić information content (AvgIpc) is 3.15. The fourth-order valence-corrected chi connectivity index (χ4v) is 4.77. The molecule has 5 nitrogen and oxygen atoms in total. The second-order valence-electron chi connectivity index (χ2n) is 8.03. The van der Waals surface area contributed by atoms with Gasteiger partial charge in [-0.1, -0.05) is 6.08 Å². The van der Waals surface area contributed by atoms with Crippen molar-refractivity contribution < 1.29 is 9.59 Å². The zero-order valence-corrected chi connectivity index (χ0v) is 16.1. The van der Waals surface area contributed by atoms with Gasteiger partial charge in [0.1, 0.15) is 0 Å². The molecule has 2 unspecified atom stereocenters. The Morgan fingerprint density at radius 3 is 2.59 bits per heavy atom. The van der Waals surface area contributed by atoms with Crippen LogP contribution in [0.25, 0.3) is 0 Å². The van der Waals surface area contributed by atoms with Crippen molar-refractivity contribution in [3.63, 3.8) is 0 Å². The number of anilines is 1. The lowest BCUT2D eigenvalue weighted by molar-refractivity contribution is -0.119. The molecule has 144 valence electrons. The molecule has 2 atom stereocenters. The predicted octanol–water partition coefficient (Wildman–Crippen LogP) is 3.32. The van der Waals surface area contributed by atoms with Gasteiger partial charge in [0.2, 0.25) is 5.91 Å². The van der Waals surface area contributed by atoms with E-state index in [4.69, 9.17) is 0 Å². The Hall–Kier alpha value is -2.30. The molecule has 2 fully saturated rings. The number of nitrogens with zero attached hydrogens (tertiary/aromatic N) is 2. The molecule has 3 aliphatic rings. The lowest BCUT2D eigenvalue weighted by Gasteiger charge is -2.38. The van der Waals surface area contributed by atoms with Crippen LogP contribution in [0.3, 0.4) is 0 Å². The molecule has 1 aromatic carbocycles. The SMILES string of the molecule is CC(=O)NC1CCN(c2ccc(C(=O)N3CCCC4CCCC=C43)cc2)C1. The van der Waals surface area contributed by atoms with Crippen LogP contribution in [-0.2, 0) is 4.79 Å². The number of hydrogen-bond acceptors (Lipinski definition) is 3. The summed E-state index contributed by atoms with van der Waals surface area (Å²) in [5, 5.41) is 2.99. The third-order valence-electron chi connectivity index (χ3n) is 6.09. The van der Waals surface area contributed by atoms with Crippen molar-refractivity contribution in [2.24, 2.45) is 5.92 Å². The Morgan fingerprint density at radius 2 is 1.81 bits per heavy atom. The van der Waals surface area contributed by atoms with Crippen LogP contribution in [0.5, 0.6) is 0 Å². The number of amides is 2. The van der Waals surface area contributed by atoms with Gasteiger partial charge in [-0.3, -0.25) is 9.59 Å². The van der Waals surface area contributed by atoms with Gasteiger partial charge in [-0.25, -0.2) is 0 Å². The molecule has 1 aliphatic carbocycles. The van der Waals surface area contributed by atoms with Crippen molar-refractivity contribution in [2.45, 2.75) is 51.5 Å². The van der Waals surface area contributed by atoms with E-state index < -0.39 is 0 Å². The minimum atomic E-state index is 0.0275. The van der Waals surface area contributed by atoms with Crippen molar-refractivity contribution in [3.8, 4) is 0 Å². The van der Waals surface area contributed by atoms with Crippen LogP contribution in [0, 0.1) is 5.92 Å². The van der Waals surface area contributed by atoms with Gasteiger partial charge in [0.15, 0.2) is 0 Å². The van der Waals surface area contributed by atoms with E-state index in [-0.39, 0.29) is 17.9 Å².